The Morgan fingerprint density at radius 3 is 2.41 bits per heavy atom. The molecule has 2 N–H and O–H groups in total. The average molecular weight is 391 g/mol. The largest absolute Gasteiger partial charge is 0.459 e. The molecule has 1 aliphatic heterocycles. The van der Waals surface area contributed by atoms with Crippen LogP contribution in [-0.2, 0) is 4.79 Å². The van der Waals surface area contributed by atoms with Gasteiger partial charge in [0.05, 0.1) is 23.4 Å². The molecule has 1 saturated heterocycles. The van der Waals surface area contributed by atoms with Crippen molar-refractivity contribution in [3.8, 4) is 0 Å². The van der Waals surface area contributed by atoms with E-state index < -0.39 is 5.91 Å². The molecule has 0 unspecified atom stereocenters. The van der Waals surface area contributed by atoms with Crippen molar-refractivity contribution in [3.63, 3.8) is 0 Å². The van der Waals surface area contributed by atoms with Gasteiger partial charge in [-0.1, -0.05) is 23.7 Å². The summed E-state index contributed by atoms with van der Waals surface area (Å²) >= 11 is 5.95. The molecule has 3 amide bonds. The van der Waals surface area contributed by atoms with Crippen LogP contribution in [0.5, 0.6) is 0 Å². The fourth-order valence-corrected chi connectivity index (χ4v) is 2.97. The third-order valence-corrected chi connectivity index (χ3v) is 4.52. The molecule has 1 aliphatic rings. The van der Waals surface area contributed by atoms with Crippen LogP contribution < -0.4 is 10.9 Å². The minimum absolute atomic E-state index is 0.117. The van der Waals surface area contributed by atoms with Crippen molar-refractivity contribution in [2.45, 2.75) is 0 Å². The third-order valence-electron chi connectivity index (χ3n) is 4.19. The lowest BCUT2D eigenvalue weighted by Gasteiger charge is -2.33. The summed E-state index contributed by atoms with van der Waals surface area (Å²) in [5.41, 5.74) is 5.01. The van der Waals surface area contributed by atoms with E-state index in [1.165, 1.54) is 6.26 Å². The number of nitrogens with one attached hydrogen (secondary N) is 2. The first-order valence-electron chi connectivity index (χ1n) is 8.43. The summed E-state index contributed by atoms with van der Waals surface area (Å²) < 4.78 is 5.12. The number of hydrogen-bond donors (Lipinski definition) is 2. The van der Waals surface area contributed by atoms with Gasteiger partial charge >= 0.3 is 0 Å². The number of halogens is 1. The monoisotopic (exact) mass is 390 g/mol. The van der Waals surface area contributed by atoms with E-state index in [1.807, 2.05) is 4.90 Å². The standard InChI is InChI=1S/C18H19ClN4O4/c19-14-5-2-1-4-13(14)17(25)21-20-16(24)12-22-7-9-23(10-8-22)18(26)15-6-3-11-27-15/h1-6,11H,7-10,12H2,(H,20,24)(H,21,25). The highest BCUT2D eigenvalue weighted by molar-refractivity contribution is 6.33. The number of rotatable bonds is 4. The smallest absolute Gasteiger partial charge is 0.289 e. The van der Waals surface area contributed by atoms with E-state index in [2.05, 4.69) is 10.9 Å². The first-order valence-corrected chi connectivity index (χ1v) is 8.81. The van der Waals surface area contributed by atoms with E-state index in [0.29, 0.717) is 37.0 Å². The maximum absolute atomic E-state index is 12.2. The predicted molar refractivity (Wildman–Crippen MR) is 98.1 cm³/mol. The van der Waals surface area contributed by atoms with Crippen molar-refractivity contribution in [1.29, 1.82) is 0 Å². The molecule has 0 aliphatic carbocycles. The van der Waals surface area contributed by atoms with Crippen LogP contribution in [0.25, 0.3) is 0 Å². The van der Waals surface area contributed by atoms with Crippen molar-refractivity contribution in [3.05, 3.63) is 59.0 Å². The van der Waals surface area contributed by atoms with Crippen LogP contribution in [0.2, 0.25) is 5.02 Å². The zero-order chi connectivity index (χ0) is 19.2. The number of hydrazine groups is 1. The fraction of sp³-hybridized carbons (Fsp3) is 0.278. The molecule has 27 heavy (non-hydrogen) atoms. The molecule has 0 atom stereocenters. The molecule has 1 fully saturated rings. The van der Waals surface area contributed by atoms with Gasteiger partial charge in [0.1, 0.15) is 0 Å². The Hall–Kier alpha value is -2.84. The van der Waals surface area contributed by atoms with E-state index in [4.69, 9.17) is 16.0 Å². The van der Waals surface area contributed by atoms with Gasteiger partial charge in [-0.15, -0.1) is 0 Å². The predicted octanol–water partition coefficient (Wildman–Crippen LogP) is 1.15. The van der Waals surface area contributed by atoms with Crippen LogP contribution in [0, 0.1) is 0 Å². The molecule has 142 valence electrons. The second-order valence-corrected chi connectivity index (χ2v) is 6.43. The average Bonchev–Trinajstić information content (AvgIpc) is 3.21. The van der Waals surface area contributed by atoms with E-state index >= 15 is 0 Å². The zero-order valence-electron chi connectivity index (χ0n) is 14.5. The van der Waals surface area contributed by atoms with Crippen LogP contribution in [-0.4, -0.2) is 60.2 Å². The third kappa shape index (κ3) is 4.87. The van der Waals surface area contributed by atoms with Crippen LogP contribution in [0.15, 0.2) is 47.1 Å². The molecule has 0 bridgehead atoms. The highest BCUT2D eigenvalue weighted by Crippen LogP contribution is 2.14. The first kappa shape index (κ1) is 18.9. The summed E-state index contributed by atoms with van der Waals surface area (Å²) in [6.07, 6.45) is 1.46. The zero-order valence-corrected chi connectivity index (χ0v) is 15.2. The summed E-state index contributed by atoms with van der Waals surface area (Å²) in [6, 6.07) is 9.87. The quantitative estimate of drug-likeness (QED) is 0.764. The van der Waals surface area contributed by atoms with Crippen LogP contribution in [0.3, 0.4) is 0 Å². The van der Waals surface area contributed by atoms with Gasteiger partial charge in [0.2, 0.25) is 0 Å². The highest BCUT2D eigenvalue weighted by Gasteiger charge is 2.24. The minimum atomic E-state index is -0.484. The molecule has 0 spiro atoms. The number of carbonyl (C=O) groups is 3. The number of piperazine rings is 1. The molecule has 1 aromatic carbocycles. The van der Waals surface area contributed by atoms with Gasteiger partial charge in [0, 0.05) is 26.2 Å². The number of nitrogens with zero attached hydrogens (tertiary/aromatic N) is 2. The summed E-state index contributed by atoms with van der Waals surface area (Å²) in [5, 5.41) is 0.307. The Morgan fingerprint density at radius 2 is 1.74 bits per heavy atom. The molecule has 0 saturated carbocycles. The number of carbonyl (C=O) groups excluding carboxylic acids is 3. The van der Waals surface area contributed by atoms with Gasteiger partial charge in [-0.25, -0.2) is 0 Å². The summed E-state index contributed by atoms with van der Waals surface area (Å²) in [6.45, 7) is 2.22. The molecule has 3 rings (SSSR count). The Balaban J connectivity index is 1.41. The number of furan rings is 1. The van der Waals surface area contributed by atoms with Crippen molar-refractivity contribution in [2.75, 3.05) is 32.7 Å². The number of hydrogen-bond acceptors (Lipinski definition) is 5. The van der Waals surface area contributed by atoms with Crippen LogP contribution in [0.4, 0.5) is 0 Å². The lowest BCUT2D eigenvalue weighted by atomic mass is 10.2. The maximum atomic E-state index is 12.2. The van der Waals surface area contributed by atoms with E-state index in [-0.39, 0.29) is 23.9 Å². The Morgan fingerprint density at radius 1 is 1.00 bits per heavy atom. The normalized spacial score (nSPS) is 14.6. The lowest BCUT2D eigenvalue weighted by molar-refractivity contribution is -0.123. The van der Waals surface area contributed by atoms with Gasteiger partial charge in [0.15, 0.2) is 5.76 Å². The first-order chi connectivity index (χ1) is 13.0. The SMILES string of the molecule is O=C(CN1CCN(C(=O)c2ccco2)CC1)NNC(=O)c1ccccc1Cl. The van der Waals surface area contributed by atoms with Gasteiger partial charge < -0.3 is 9.32 Å². The van der Waals surface area contributed by atoms with Gasteiger partial charge in [-0.05, 0) is 24.3 Å². The number of benzene rings is 1. The molecule has 8 nitrogen and oxygen atoms in total. The fourth-order valence-electron chi connectivity index (χ4n) is 2.75. The summed E-state index contributed by atoms with van der Waals surface area (Å²) in [5.74, 6) is -0.677. The van der Waals surface area contributed by atoms with Crippen molar-refractivity contribution >= 4 is 29.3 Å². The number of amides is 3. The van der Waals surface area contributed by atoms with Gasteiger partial charge in [0.25, 0.3) is 17.7 Å². The Kier molecular flexibility index (Phi) is 6.10. The molecular formula is C18H19ClN4O4. The van der Waals surface area contributed by atoms with Crippen molar-refractivity contribution in [2.24, 2.45) is 0 Å². The van der Waals surface area contributed by atoms with E-state index in [1.54, 1.807) is 41.3 Å². The van der Waals surface area contributed by atoms with Gasteiger partial charge in [-0.3, -0.25) is 30.1 Å². The second-order valence-electron chi connectivity index (χ2n) is 6.03. The molecule has 2 heterocycles. The topological polar surface area (TPSA) is 94.9 Å². The molecular weight excluding hydrogens is 372 g/mol. The minimum Gasteiger partial charge on any atom is -0.459 e. The Labute approximate surface area is 161 Å². The van der Waals surface area contributed by atoms with E-state index in [9.17, 15) is 14.4 Å². The van der Waals surface area contributed by atoms with Crippen molar-refractivity contribution in [1.82, 2.24) is 20.7 Å². The van der Waals surface area contributed by atoms with Gasteiger partial charge in [-0.2, -0.15) is 0 Å². The van der Waals surface area contributed by atoms with Crippen molar-refractivity contribution < 1.29 is 18.8 Å². The molecule has 2 aromatic rings. The second kappa shape index (κ2) is 8.70. The van der Waals surface area contributed by atoms with Crippen LogP contribution in [0.1, 0.15) is 20.9 Å². The molecule has 9 heteroatoms. The lowest BCUT2D eigenvalue weighted by Crippen LogP contribution is -2.52. The van der Waals surface area contributed by atoms with Crippen LogP contribution >= 0.6 is 11.6 Å². The maximum Gasteiger partial charge on any atom is 0.289 e. The Bertz CT molecular complexity index is 817. The summed E-state index contributed by atoms with van der Waals surface area (Å²) in [7, 11) is 0. The van der Waals surface area contributed by atoms with E-state index in [0.717, 1.165) is 0 Å². The molecule has 0 radical (unpaired) electrons. The molecule has 1 aromatic heterocycles. The summed E-state index contributed by atoms with van der Waals surface area (Å²) in [4.78, 5) is 39.9. The highest BCUT2D eigenvalue weighted by atomic mass is 35.5.